The summed E-state index contributed by atoms with van der Waals surface area (Å²) in [7, 11) is 0. The van der Waals surface area contributed by atoms with Crippen molar-refractivity contribution in [2.75, 3.05) is 5.32 Å². The number of anilines is 2. The molecule has 0 aliphatic rings. The molecule has 4 nitrogen and oxygen atoms in total. The minimum atomic E-state index is 0.601. The summed E-state index contributed by atoms with van der Waals surface area (Å²) in [6.45, 7) is 2.06. The zero-order valence-electron chi connectivity index (χ0n) is 9.44. The van der Waals surface area contributed by atoms with Gasteiger partial charge in [0.05, 0.1) is 0 Å². The van der Waals surface area contributed by atoms with Gasteiger partial charge in [0.15, 0.2) is 0 Å². The lowest BCUT2D eigenvalue weighted by Gasteiger charge is -2.04. The van der Waals surface area contributed by atoms with Crippen molar-refractivity contribution >= 4 is 22.7 Å². The second-order valence-electron chi connectivity index (χ2n) is 3.97. The van der Waals surface area contributed by atoms with Gasteiger partial charge in [-0.15, -0.1) is 0 Å². The Morgan fingerprint density at radius 3 is 2.76 bits per heavy atom. The number of nitrogens with one attached hydrogen (secondary N) is 2. The summed E-state index contributed by atoms with van der Waals surface area (Å²) in [6.07, 6.45) is 3.66. The third kappa shape index (κ3) is 1.97. The van der Waals surface area contributed by atoms with Crippen molar-refractivity contribution < 1.29 is 0 Å². The molecule has 0 saturated heterocycles. The highest BCUT2D eigenvalue weighted by Gasteiger charge is 2.00. The fourth-order valence-electron chi connectivity index (χ4n) is 1.67. The molecule has 3 aromatic rings. The molecule has 0 aliphatic carbocycles. The van der Waals surface area contributed by atoms with Gasteiger partial charge in [0.2, 0.25) is 5.95 Å². The maximum Gasteiger partial charge on any atom is 0.229 e. The van der Waals surface area contributed by atoms with Crippen LogP contribution in [0.4, 0.5) is 11.6 Å². The van der Waals surface area contributed by atoms with Gasteiger partial charge in [-0.1, -0.05) is 17.7 Å². The number of aryl methyl sites for hydroxylation is 1. The number of rotatable bonds is 2. The third-order valence-electron chi connectivity index (χ3n) is 2.61. The van der Waals surface area contributed by atoms with Crippen molar-refractivity contribution in [3.63, 3.8) is 0 Å². The summed E-state index contributed by atoms with van der Waals surface area (Å²) in [5, 5.41) is 4.18. The van der Waals surface area contributed by atoms with Crippen LogP contribution >= 0.6 is 0 Å². The second-order valence-corrected chi connectivity index (χ2v) is 3.97. The predicted molar refractivity (Wildman–Crippen MR) is 68.4 cm³/mol. The number of aromatic nitrogens is 3. The molecule has 2 N–H and O–H groups in total. The number of hydrogen-bond donors (Lipinski definition) is 2. The molecule has 0 saturated carbocycles. The molecular formula is C13H12N4. The first-order chi connectivity index (χ1) is 8.31. The molecule has 84 valence electrons. The van der Waals surface area contributed by atoms with E-state index in [1.165, 1.54) is 5.56 Å². The Labute approximate surface area is 98.7 Å². The van der Waals surface area contributed by atoms with Crippen LogP contribution < -0.4 is 5.32 Å². The number of H-pyrrole nitrogens is 1. The lowest BCUT2D eigenvalue weighted by molar-refractivity contribution is 1.19. The van der Waals surface area contributed by atoms with Crippen LogP contribution in [0.2, 0.25) is 0 Å². The molecular weight excluding hydrogens is 212 g/mol. The summed E-state index contributed by atoms with van der Waals surface area (Å²) >= 11 is 0. The zero-order valence-corrected chi connectivity index (χ0v) is 9.44. The van der Waals surface area contributed by atoms with E-state index in [-0.39, 0.29) is 0 Å². The van der Waals surface area contributed by atoms with E-state index in [0.29, 0.717) is 5.95 Å². The molecule has 0 unspecified atom stereocenters. The van der Waals surface area contributed by atoms with Gasteiger partial charge in [-0.25, -0.2) is 4.98 Å². The van der Waals surface area contributed by atoms with Crippen molar-refractivity contribution in [2.45, 2.75) is 6.92 Å². The number of nitrogens with zero attached hydrogens (tertiary/aromatic N) is 2. The maximum absolute atomic E-state index is 4.38. The Bertz CT molecular complexity index is 640. The van der Waals surface area contributed by atoms with Gasteiger partial charge < -0.3 is 10.3 Å². The van der Waals surface area contributed by atoms with Gasteiger partial charge in [0.25, 0.3) is 0 Å². The third-order valence-corrected chi connectivity index (χ3v) is 2.61. The lowest BCUT2D eigenvalue weighted by atomic mass is 10.2. The van der Waals surface area contributed by atoms with E-state index >= 15 is 0 Å². The Morgan fingerprint density at radius 2 is 1.94 bits per heavy atom. The van der Waals surface area contributed by atoms with E-state index in [1.807, 2.05) is 24.4 Å². The van der Waals surface area contributed by atoms with Gasteiger partial charge in [0.1, 0.15) is 5.65 Å². The smallest absolute Gasteiger partial charge is 0.229 e. The molecule has 0 atom stereocenters. The van der Waals surface area contributed by atoms with E-state index in [4.69, 9.17) is 0 Å². The van der Waals surface area contributed by atoms with Gasteiger partial charge in [-0.2, -0.15) is 4.98 Å². The van der Waals surface area contributed by atoms with Crippen molar-refractivity contribution in [3.8, 4) is 0 Å². The zero-order chi connectivity index (χ0) is 11.7. The molecule has 2 heterocycles. The summed E-state index contributed by atoms with van der Waals surface area (Å²) in [6, 6.07) is 10.1. The van der Waals surface area contributed by atoms with Gasteiger partial charge in [-0.05, 0) is 25.1 Å². The van der Waals surface area contributed by atoms with Crippen molar-refractivity contribution in [1.29, 1.82) is 0 Å². The Morgan fingerprint density at radius 1 is 1.12 bits per heavy atom. The second kappa shape index (κ2) is 3.90. The van der Waals surface area contributed by atoms with Crippen molar-refractivity contribution in [2.24, 2.45) is 0 Å². The number of hydrogen-bond acceptors (Lipinski definition) is 3. The first-order valence-electron chi connectivity index (χ1n) is 5.45. The van der Waals surface area contributed by atoms with Crippen LogP contribution in [0.3, 0.4) is 0 Å². The lowest BCUT2D eigenvalue weighted by Crippen LogP contribution is -1.96. The van der Waals surface area contributed by atoms with Gasteiger partial charge >= 0.3 is 0 Å². The SMILES string of the molecule is Cc1ccc(Nc2ncc3cc[nH]c3n2)cc1. The number of fused-ring (bicyclic) bond motifs is 1. The monoisotopic (exact) mass is 224 g/mol. The van der Waals surface area contributed by atoms with Crippen LogP contribution in [0.1, 0.15) is 5.56 Å². The van der Waals surface area contributed by atoms with Crippen LogP contribution in [0.15, 0.2) is 42.7 Å². The van der Waals surface area contributed by atoms with Crippen molar-refractivity contribution in [3.05, 3.63) is 48.3 Å². The van der Waals surface area contributed by atoms with Crippen LogP contribution in [-0.4, -0.2) is 15.0 Å². The summed E-state index contributed by atoms with van der Waals surface area (Å²) in [4.78, 5) is 11.7. The summed E-state index contributed by atoms with van der Waals surface area (Å²) in [5.41, 5.74) is 3.06. The Balaban J connectivity index is 1.91. The van der Waals surface area contributed by atoms with E-state index in [9.17, 15) is 0 Å². The largest absolute Gasteiger partial charge is 0.346 e. The standard InChI is InChI=1S/C13H12N4/c1-9-2-4-11(5-3-9)16-13-15-8-10-6-7-14-12(10)17-13/h2-8H,1H3,(H2,14,15,16,17). The van der Waals surface area contributed by atoms with Crippen LogP contribution in [-0.2, 0) is 0 Å². The minimum absolute atomic E-state index is 0.601. The molecule has 0 spiro atoms. The molecule has 17 heavy (non-hydrogen) atoms. The van der Waals surface area contributed by atoms with E-state index in [2.05, 4.69) is 39.3 Å². The Kier molecular flexibility index (Phi) is 2.26. The first kappa shape index (κ1) is 9.84. The van der Waals surface area contributed by atoms with E-state index in [1.54, 1.807) is 6.20 Å². The Hall–Kier alpha value is -2.36. The molecule has 0 bridgehead atoms. The summed E-state index contributed by atoms with van der Waals surface area (Å²) < 4.78 is 0. The molecule has 0 aliphatic heterocycles. The molecule has 0 amide bonds. The van der Waals surface area contributed by atoms with E-state index in [0.717, 1.165) is 16.7 Å². The first-order valence-corrected chi connectivity index (χ1v) is 5.45. The normalized spacial score (nSPS) is 10.6. The fraction of sp³-hybridized carbons (Fsp3) is 0.0769. The van der Waals surface area contributed by atoms with Crippen LogP contribution in [0.5, 0.6) is 0 Å². The van der Waals surface area contributed by atoms with Crippen LogP contribution in [0.25, 0.3) is 11.0 Å². The van der Waals surface area contributed by atoms with Gasteiger partial charge in [-0.3, -0.25) is 0 Å². The molecule has 0 radical (unpaired) electrons. The average molecular weight is 224 g/mol. The number of aromatic amines is 1. The topological polar surface area (TPSA) is 53.6 Å². The van der Waals surface area contributed by atoms with E-state index < -0.39 is 0 Å². The predicted octanol–water partition coefficient (Wildman–Crippen LogP) is 3.01. The van der Waals surface area contributed by atoms with Crippen LogP contribution in [0, 0.1) is 6.92 Å². The molecule has 3 rings (SSSR count). The highest BCUT2D eigenvalue weighted by Crippen LogP contribution is 2.15. The molecule has 4 heteroatoms. The molecule has 2 aromatic heterocycles. The average Bonchev–Trinajstić information content (AvgIpc) is 2.79. The fourth-order valence-corrected chi connectivity index (χ4v) is 1.67. The summed E-state index contributed by atoms with van der Waals surface area (Å²) in [5.74, 6) is 0.601. The molecule has 0 fully saturated rings. The minimum Gasteiger partial charge on any atom is -0.346 e. The van der Waals surface area contributed by atoms with Gasteiger partial charge in [0, 0.05) is 23.5 Å². The quantitative estimate of drug-likeness (QED) is 0.703. The number of benzene rings is 1. The highest BCUT2D eigenvalue weighted by molar-refractivity contribution is 5.75. The maximum atomic E-state index is 4.38. The molecule has 1 aromatic carbocycles. The van der Waals surface area contributed by atoms with Crippen molar-refractivity contribution in [1.82, 2.24) is 15.0 Å². The highest BCUT2D eigenvalue weighted by atomic mass is 15.1.